The first kappa shape index (κ1) is 12.6. The molecular weight excluding hydrogens is 222 g/mol. The Bertz CT molecular complexity index is 503. The van der Waals surface area contributed by atoms with Crippen molar-refractivity contribution in [2.24, 2.45) is 21.7 Å². The molecule has 7 heteroatoms. The Kier molecular flexibility index (Phi) is 3.76. The average molecular weight is 235 g/mol. The molecule has 0 aromatic heterocycles. The van der Waals surface area contributed by atoms with E-state index in [2.05, 4.69) is 10.2 Å². The maximum Gasteiger partial charge on any atom is 0.272 e. The van der Waals surface area contributed by atoms with Gasteiger partial charge in [-0.25, -0.2) is 0 Å². The van der Waals surface area contributed by atoms with Gasteiger partial charge in [-0.2, -0.15) is 5.10 Å². The number of hydrogen-bond donors (Lipinski definition) is 2. The van der Waals surface area contributed by atoms with E-state index >= 15 is 0 Å². The first-order valence-corrected chi connectivity index (χ1v) is 4.80. The highest BCUT2D eigenvalue weighted by molar-refractivity contribution is 5.99. The molecule has 7 nitrogen and oxygen atoms in total. The SMILES string of the molecule is C/C(=N/N=C(N)N)c1ccc(C)c([N+](=O)[O-])c1. The predicted molar refractivity (Wildman–Crippen MR) is 65.9 cm³/mol. The Morgan fingerprint density at radius 2 is 2.00 bits per heavy atom. The number of nitro groups is 1. The topological polar surface area (TPSA) is 120 Å². The average Bonchev–Trinajstić information content (AvgIpc) is 2.26. The van der Waals surface area contributed by atoms with Crippen molar-refractivity contribution in [3.63, 3.8) is 0 Å². The molecule has 0 radical (unpaired) electrons. The molecule has 0 heterocycles. The molecule has 0 bridgehead atoms. The number of nitrogens with two attached hydrogens (primary N) is 2. The third kappa shape index (κ3) is 3.26. The maximum absolute atomic E-state index is 10.8. The highest BCUT2D eigenvalue weighted by Crippen LogP contribution is 2.19. The van der Waals surface area contributed by atoms with Crippen LogP contribution in [-0.2, 0) is 0 Å². The van der Waals surface area contributed by atoms with Gasteiger partial charge in [-0.15, -0.1) is 5.10 Å². The van der Waals surface area contributed by atoms with E-state index in [9.17, 15) is 10.1 Å². The molecule has 90 valence electrons. The van der Waals surface area contributed by atoms with Gasteiger partial charge in [0.1, 0.15) is 0 Å². The first-order valence-electron chi connectivity index (χ1n) is 4.80. The summed E-state index contributed by atoms with van der Waals surface area (Å²) in [5, 5.41) is 18.0. The van der Waals surface area contributed by atoms with E-state index < -0.39 is 4.92 Å². The number of rotatable bonds is 3. The van der Waals surface area contributed by atoms with Gasteiger partial charge in [0.2, 0.25) is 5.96 Å². The molecule has 0 aliphatic carbocycles. The third-order valence-electron chi connectivity index (χ3n) is 2.14. The van der Waals surface area contributed by atoms with Gasteiger partial charge < -0.3 is 11.5 Å². The molecule has 0 unspecified atom stereocenters. The second kappa shape index (κ2) is 5.06. The minimum Gasteiger partial charge on any atom is -0.369 e. The summed E-state index contributed by atoms with van der Waals surface area (Å²) in [6, 6.07) is 4.82. The van der Waals surface area contributed by atoms with Crippen molar-refractivity contribution in [3.05, 3.63) is 39.4 Å². The summed E-state index contributed by atoms with van der Waals surface area (Å²) in [6.07, 6.45) is 0. The van der Waals surface area contributed by atoms with Crippen molar-refractivity contribution >= 4 is 17.4 Å². The van der Waals surface area contributed by atoms with Gasteiger partial charge >= 0.3 is 0 Å². The molecule has 0 atom stereocenters. The van der Waals surface area contributed by atoms with Gasteiger partial charge in [-0.05, 0) is 13.8 Å². The van der Waals surface area contributed by atoms with Crippen LogP contribution in [0, 0.1) is 17.0 Å². The molecule has 0 saturated carbocycles. The van der Waals surface area contributed by atoms with Crippen LogP contribution in [0.25, 0.3) is 0 Å². The number of benzene rings is 1. The first-order chi connectivity index (χ1) is 7.91. The predicted octanol–water partition coefficient (Wildman–Crippen LogP) is 0.901. The van der Waals surface area contributed by atoms with E-state index in [0.29, 0.717) is 16.8 Å². The molecule has 1 aromatic rings. The Balaban J connectivity index is 3.16. The Morgan fingerprint density at radius 1 is 1.35 bits per heavy atom. The lowest BCUT2D eigenvalue weighted by molar-refractivity contribution is -0.385. The van der Waals surface area contributed by atoms with Crippen LogP contribution < -0.4 is 11.5 Å². The molecule has 0 aliphatic heterocycles. The van der Waals surface area contributed by atoms with E-state index in [1.807, 2.05) is 0 Å². The van der Waals surface area contributed by atoms with Gasteiger partial charge in [0.05, 0.1) is 10.6 Å². The lowest BCUT2D eigenvalue weighted by Gasteiger charge is -2.01. The molecule has 0 spiro atoms. The van der Waals surface area contributed by atoms with Crippen molar-refractivity contribution in [1.82, 2.24) is 0 Å². The highest BCUT2D eigenvalue weighted by atomic mass is 16.6. The molecule has 17 heavy (non-hydrogen) atoms. The summed E-state index contributed by atoms with van der Waals surface area (Å²) >= 11 is 0. The zero-order valence-electron chi connectivity index (χ0n) is 9.54. The fourth-order valence-corrected chi connectivity index (χ4v) is 1.22. The molecule has 0 saturated heterocycles. The molecule has 0 aliphatic rings. The summed E-state index contributed by atoms with van der Waals surface area (Å²) in [7, 11) is 0. The van der Waals surface area contributed by atoms with Gasteiger partial charge in [0.15, 0.2) is 0 Å². The maximum atomic E-state index is 10.8. The monoisotopic (exact) mass is 235 g/mol. The largest absolute Gasteiger partial charge is 0.369 e. The minimum atomic E-state index is -0.438. The van der Waals surface area contributed by atoms with Crippen molar-refractivity contribution in [1.29, 1.82) is 0 Å². The number of nitrogens with zero attached hydrogens (tertiary/aromatic N) is 3. The number of hydrogen-bond acceptors (Lipinski definition) is 4. The van der Waals surface area contributed by atoms with Crippen LogP contribution >= 0.6 is 0 Å². The van der Waals surface area contributed by atoms with Crippen molar-refractivity contribution < 1.29 is 4.92 Å². The zero-order valence-corrected chi connectivity index (χ0v) is 9.54. The van der Waals surface area contributed by atoms with E-state index in [1.165, 1.54) is 6.07 Å². The molecule has 1 rings (SSSR count). The van der Waals surface area contributed by atoms with Crippen LogP contribution in [-0.4, -0.2) is 16.6 Å². The summed E-state index contributed by atoms with van der Waals surface area (Å²) < 4.78 is 0. The zero-order chi connectivity index (χ0) is 13.0. The van der Waals surface area contributed by atoms with Crippen molar-refractivity contribution in [2.45, 2.75) is 13.8 Å². The molecule has 4 N–H and O–H groups in total. The van der Waals surface area contributed by atoms with Crippen LogP contribution in [0.15, 0.2) is 28.4 Å². The summed E-state index contributed by atoms with van der Waals surface area (Å²) in [4.78, 5) is 10.3. The lowest BCUT2D eigenvalue weighted by Crippen LogP contribution is -2.22. The van der Waals surface area contributed by atoms with Crippen molar-refractivity contribution in [2.75, 3.05) is 0 Å². The van der Waals surface area contributed by atoms with E-state index in [1.54, 1.807) is 26.0 Å². The minimum absolute atomic E-state index is 0.0433. The quantitative estimate of drug-likeness (QED) is 0.350. The number of nitro benzene ring substituents is 1. The Hall–Kier alpha value is -2.44. The third-order valence-corrected chi connectivity index (χ3v) is 2.14. The van der Waals surface area contributed by atoms with Gasteiger partial charge in [-0.3, -0.25) is 10.1 Å². The van der Waals surface area contributed by atoms with Crippen LogP contribution in [0.5, 0.6) is 0 Å². The van der Waals surface area contributed by atoms with Crippen LogP contribution in [0.4, 0.5) is 5.69 Å². The molecule has 0 fully saturated rings. The fraction of sp³-hybridized carbons (Fsp3) is 0.200. The Morgan fingerprint density at radius 3 is 2.53 bits per heavy atom. The van der Waals surface area contributed by atoms with Gasteiger partial charge in [0, 0.05) is 17.2 Å². The number of guanidine groups is 1. The molecule has 1 aromatic carbocycles. The summed E-state index contributed by atoms with van der Waals surface area (Å²) in [5.74, 6) is -0.161. The van der Waals surface area contributed by atoms with Gasteiger partial charge in [0.25, 0.3) is 5.69 Å². The molecular formula is C10H13N5O2. The smallest absolute Gasteiger partial charge is 0.272 e. The van der Waals surface area contributed by atoms with Crippen LogP contribution in [0.2, 0.25) is 0 Å². The Labute approximate surface area is 98.0 Å². The summed E-state index contributed by atoms with van der Waals surface area (Å²) in [6.45, 7) is 3.34. The normalized spacial score (nSPS) is 11.1. The second-order valence-corrected chi connectivity index (χ2v) is 3.47. The van der Waals surface area contributed by atoms with E-state index in [0.717, 1.165) is 0 Å². The van der Waals surface area contributed by atoms with Gasteiger partial charge in [-0.1, -0.05) is 12.1 Å². The van der Waals surface area contributed by atoms with Crippen molar-refractivity contribution in [3.8, 4) is 0 Å². The summed E-state index contributed by atoms with van der Waals surface area (Å²) in [5.41, 5.74) is 12.0. The molecule has 0 amide bonds. The fourth-order valence-electron chi connectivity index (χ4n) is 1.22. The number of aryl methyl sites for hydroxylation is 1. The second-order valence-electron chi connectivity index (χ2n) is 3.47. The van der Waals surface area contributed by atoms with Crippen LogP contribution in [0.1, 0.15) is 18.1 Å². The van der Waals surface area contributed by atoms with E-state index in [4.69, 9.17) is 11.5 Å². The lowest BCUT2D eigenvalue weighted by atomic mass is 10.1. The van der Waals surface area contributed by atoms with E-state index in [-0.39, 0.29) is 11.6 Å². The van der Waals surface area contributed by atoms with Crippen LogP contribution in [0.3, 0.4) is 0 Å². The standard InChI is InChI=1S/C10H13N5O2/c1-6-3-4-8(5-9(6)15(16)17)7(2)13-14-10(11)12/h3-5H,1-2H3,(H4,11,12,14)/b13-7-. The highest BCUT2D eigenvalue weighted by Gasteiger charge is 2.11.